The monoisotopic (exact) mass is 510 g/mol. The molecular weight excluding hydrogens is 488 g/mol. The average molecular weight is 511 g/mol. The third-order valence-electron chi connectivity index (χ3n) is 6.37. The van der Waals surface area contributed by atoms with E-state index in [1.165, 1.54) is 22.3 Å². The number of rotatable bonds is 6. The number of thiophene rings is 1. The summed E-state index contributed by atoms with van der Waals surface area (Å²) in [7, 11) is -3.21. The molecule has 5 rings (SSSR count). The summed E-state index contributed by atoms with van der Waals surface area (Å²) in [6, 6.07) is 5.96. The first-order valence-electron chi connectivity index (χ1n) is 10.5. The van der Waals surface area contributed by atoms with Crippen LogP contribution in [0.2, 0.25) is 4.34 Å². The van der Waals surface area contributed by atoms with Crippen LogP contribution >= 0.6 is 34.3 Å². The fourth-order valence-corrected chi connectivity index (χ4v) is 8.15. The molecule has 2 bridgehead atoms. The Kier molecular flexibility index (Phi) is 6.00. The van der Waals surface area contributed by atoms with Crippen LogP contribution in [0.3, 0.4) is 0 Å². The molecule has 170 valence electrons. The number of sulfonamides is 1. The number of carbonyl (C=O) groups excluding carboxylic acids is 1. The summed E-state index contributed by atoms with van der Waals surface area (Å²) in [6.07, 6.45) is 5.99. The van der Waals surface area contributed by atoms with Crippen LogP contribution in [-0.2, 0) is 22.9 Å². The number of aryl methyl sites for hydroxylation is 2. The molecule has 0 N–H and O–H groups in total. The minimum atomic E-state index is -3.21. The summed E-state index contributed by atoms with van der Waals surface area (Å²) in [6.45, 7) is 0. The van der Waals surface area contributed by atoms with Crippen molar-refractivity contribution in [3.8, 4) is 0 Å². The van der Waals surface area contributed by atoms with E-state index < -0.39 is 10.0 Å². The van der Waals surface area contributed by atoms with E-state index in [1.807, 2.05) is 18.2 Å². The van der Waals surface area contributed by atoms with E-state index in [2.05, 4.69) is 4.98 Å². The molecule has 11 heteroatoms. The third-order valence-corrected chi connectivity index (χ3v) is 9.61. The molecule has 2 unspecified atom stereocenters. The quantitative estimate of drug-likeness (QED) is 0.496. The second-order valence-corrected chi connectivity index (χ2v) is 12.9. The number of aromatic nitrogens is 3. The van der Waals surface area contributed by atoms with Crippen molar-refractivity contribution in [3.63, 3.8) is 0 Å². The van der Waals surface area contributed by atoms with E-state index in [0.717, 1.165) is 52.7 Å². The van der Waals surface area contributed by atoms with E-state index in [9.17, 15) is 13.2 Å². The largest absolute Gasteiger partial charge is 0.297 e. The van der Waals surface area contributed by atoms with E-state index in [4.69, 9.17) is 16.7 Å². The van der Waals surface area contributed by atoms with E-state index in [1.54, 1.807) is 26.5 Å². The second-order valence-electron chi connectivity index (χ2n) is 8.50. The fraction of sp³-hybridized carbons (Fsp3) is 0.476. The number of fused-ring (bicyclic) bond motifs is 2. The third kappa shape index (κ3) is 4.31. The zero-order valence-corrected chi connectivity index (χ0v) is 20.7. The molecule has 0 saturated carbocycles. The van der Waals surface area contributed by atoms with Gasteiger partial charge in [0.15, 0.2) is 0 Å². The van der Waals surface area contributed by atoms with Gasteiger partial charge in [-0.15, -0.1) is 22.7 Å². The molecule has 7 nitrogen and oxygen atoms in total. The lowest BCUT2D eigenvalue weighted by Crippen LogP contribution is -2.45. The van der Waals surface area contributed by atoms with Gasteiger partial charge >= 0.3 is 0 Å². The van der Waals surface area contributed by atoms with Crippen LogP contribution in [0.5, 0.6) is 0 Å². The van der Waals surface area contributed by atoms with Crippen LogP contribution in [-0.4, -0.2) is 51.7 Å². The van der Waals surface area contributed by atoms with Gasteiger partial charge in [-0.25, -0.2) is 13.4 Å². The Morgan fingerprint density at radius 2 is 1.97 bits per heavy atom. The highest BCUT2D eigenvalue weighted by Crippen LogP contribution is 2.44. The van der Waals surface area contributed by atoms with Crippen molar-refractivity contribution >= 4 is 50.2 Å². The average Bonchev–Trinajstić information content (AvgIpc) is 3.52. The highest BCUT2D eigenvalue weighted by molar-refractivity contribution is 7.88. The summed E-state index contributed by atoms with van der Waals surface area (Å²) < 4.78 is 28.4. The first-order chi connectivity index (χ1) is 15.3. The molecule has 0 aliphatic carbocycles. The Morgan fingerprint density at radius 3 is 2.56 bits per heavy atom. The van der Waals surface area contributed by atoms with Crippen molar-refractivity contribution in [2.24, 2.45) is 0 Å². The summed E-state index contributed by atoms with van der Waals surface area (Å²) in [5.74, 6) is -0.0850. The first-order valence-corrected chi connectivity index (χ1v) is 14.5. The van der Waals surface area contributed by atoms with E-state index >= 15 is 0 Å². The zero-order valence-electron chi connectivity index (χ0n) is 17.5. The van der Waals surface area contributed by atoms with Crippen LogP contribution in [0.15, 0.2) is 29.1 Å². The van der Waals surface area contributed by atoms with Crippen molar-refractivity contribution in [3.05, 3.63) is 55.4 Å². The van der Waals surface area contributed by atoms with Crippen molar-refractivity contribution in [1.29, 1.82) is 0 Å². The molecule has 0 aromatic carbocycles. The Labute approximate surface area is 200 Å². The molecule has 2 fully saturated rings. The number of hydrogen-bond donors (Lipinski definition) is 0. The van der Waals surface area contributed by atoms with Crippen molar-refractivity contribution in [2.75, 3.05) is 6.26 Å². The maximum absolute atomic E-state index is 13.1. The van der Waals surface area contributed by atoms with Crippen LogP contribution in [0.25, 0.3) is 0 Å². The molecule has 2 aliphatic rings. The summed E-state index contributed by atoms with van der Waals surface area (Å²) in [4.78, 5) is 18.4. The topological polar surface area (TPSA) is 85.2 Å². The van der Waals surface area contributed by atoms with E-state index in [0.29, 0.717) is 12.1 Å². The van der Waals surface area contributed by atoms with Crippen LogP contribution in [0.4, 0.5) is 0 Å². The predicted molar refractivity (Wildman–Crippen MR) is 126 cm³/mol. The number of hydrogen-bond acceptors (Lipinski definition) is 7. The van der Waals surface area contributed by atoms with Gasteiger partial charge in [-0.2, -0.15) is 14.1 Å². The SMILES string of the molecule is CS(=O)(=O)N1C2CCC1CC(c1cc(CCc3ccc(Cl)s3)n(C(=O)c3cscn3)n1)C2. The first kappa shape index (κ1) is 22.2. The van der Waals surface area contributed by atoms with Crippen LogP contribution in [0, 0.1) is 0 Å². The molecule has 2 atom stereocenters. The number of halogens is 1. The Morgan fingerprint density at radius 1 is 1.22 bits per heavy atom. The number of nitrogens with zero attached hydrogens (tertiary/aromatic N) is 4. The van der Waals surface area contributed by atoms with Crippen molar-refractivity contribution in [2.45, 2.75) is 56.5 Å². The molecule has 3 aromatic heterocycles. The highest BCUT2D eigenvalue weighted by Gasteiger charge is 2.46. The van der Waals surface area contributed by atoms with Crippen LogP contribution < -0.4 is 0 Å². The van der Waals surface area contributed by atoms with Crippen LogP contribution in [0.1, 0.15) is 58.4 Å². The smallest absolute Gasteiger partial charge is 0.265 e. The zero-order chi connectivity index (χ0) is 22.5. The molecule has 0 radical (unpaired) electrons. The maximum atomic E-state index is 13.1. The molecule has 32 heavy (non-hydrogen) atoms. The fourth-order valence-electron chi connectivity index (χ4n) is 5.07. The maximum Gasteiger partial charge on any atom is 0.297 e. The predicted octanol–water partition coefficient (Wildman–Crippen LogP) is 4.20. The minimum Gasteiger partial charge on any atom is -0.265 e. The Hall–Kier alpha value is -1.59. The van der Waals surface area contributed by atoms with Gasteiger partial charge in [-0.3, -0.25) is 4.79 Å². The van der Waals surface area contributed by atoms with Gasteiger partial charge in [-0.1, -0.05) is 11.6 Å². The minimum absolute atomic E-state index is 0.0184. The van der Waals surface area contributed by atoms with Gasteiger partial charge < -0.3 is 0 Å². The van der Waals surface area contributed by atoms with Gasteiger partial charge in [0.2, 0.25) is 10.0 Å². The normalized spacial score (nSPS) is 23.6. The van der Waals surface area contributed by atoms with Gasteiger partial charge in [-0.05, 0) is 56.7 Å². The molecule has 5 heterocycles. The van der Waals surface area contributed by atoms with E-state index in [-0.39, 0.29) is 23.9 Å². The van der Waals surface area contributed by atoms with Crippen molar-refractivity contribution in [1.82, 2.24) is 19.1 Å². The standard InChI is InChI=1S/C21H23ClN4O3S3/c1-32(28,29)26-15-2-3-16(26)9-13(8-15)18-10-14(4-5-17-6-7-20(22)31-17)25(24-18)21(27)19-11-30-12-23-19/h6-7,10-13,15-16H,2-5,8-9H2,1H3. The van der Waals surface area contributed by atoms with Gasteiger partial charge in [0.25, 0.3) is 5.91 Å². The summed E-state index contributed by atoms with van der Waals surface area (Å²) in [5.41, 5.74) is 3.75. The Bertz CT molecular complexity index is 1220. The highest BCUT2D eigenvalue weighted by atomic mass is 35.5. The lowest BCUT2D eigenvalue weighted by atomic mass is 9.89. The number of thiazole rings is 1. The lowest BCUT2D eigenvalue weighted by Gasteiger charge is -2.36. The molecule has 2 saturated heterocycles. The van der Waals surface area contributed by atoms with Gasteiger partial charge in [0.1, 0.15) is 5.69 Å². The summed E-state index contributed by atoms with van der Waals surface area (Å²) in [5, 5.41) is 6.47. The van der Waals surface area contributed by atoms with Gasteiger partial charge in [0.05, 0.1) is 21.8 Å². The molecule has 2 aliphatic heterocycles. The Balaban J connectivity index is 1.42. The molecule has 0 spiro atoms. The van der Waals surface area contributed by atoms with Gasteiger partial charge in [0, 0.05) is 34.0 Å². The number of carbonyl (C=O) groups is 1. The van der Waals surface area contributed by atoms with Crippen molar-refractivity contribution < 1.29 is 13.2 Å². The molecular formula is C21H23ClN4O3S3. The number of piperidine rings is 1. The summed E-state index contributed by atoms with van der Waals surface area (Å²) >= 11 is 8.99. The molecule has 0 amide bonds. The lowest BCUT2D eigenvalue weighted by molar-refractivity contribution is 0.0936. The second kappa shape index (κ2) is 8.64. The molecule has 3 aromatic rings.